The fourth-order valence-corrected chi connectivity index (χ4v) is 7.16. The van der Waals surface area contributed by atoms with Gasteiger partial charge in [-0.15, -0.1) is 0 Å². The molecule has 2 N–H and O–H groups in total. The van der Waals surface area contributed by atoms with Crippen LogP contribution in [-0.2, 0) is 29.5 Å². The van der Waals surface area contributed by atoms with Gasteiger partial charge in [0.15, 0.2) is 0 Å². The normalized spacial score (nSPS) is 19.7. The Morgan fingerprint density at radius 3 is 2.37 bits per heavy atom. The lowest BCUT2D eigenvalue weighted by Gasteiger charge is -2.36. The van der Waals surface area contributed by atoms with Crippen LogP contribution < -0.4 is 19.1 Å². The third-order valence-electron chi connectivity index (χ3n) is 6.78. The van der Waals surface area contributed by atoms with Gasteiger partial charge >= 0.3 is 12.3 Å². The number of carbonyl (C=O) groups is 1. The second-order valence-electron chi connectivity index (χ2n) is 10.6. The van der Waals surface area contributed by atoms with E-state index in [1.165, 1.54) is 12.1 Å². The van der Waals surface area contributed by atoms with Crippen LogP contribution in [0.25, 0.3) is 0 Å². The van der Waals surface area contributed by atoms with Gasteiger partial charge in [-0.25, -0.2) is 30.7 Å². The molecule has 2 aromatic carbocycles. The summed E-state index contributed by atoms with van der Waals surface area (Å²) in [6, 6.07) is 7.65. The maximum atomic E-state index is 13.7. The summed E-state index contributed by atoms with van der Waals surface area (Å²) in [7, 11) is -8.22. The second kappa shape index (κ2) is 12.5. The molecule has 0 bridgehead atoms. The largest absolute Gasteiger partial charge is 0.485 e. The first-order valence-corrected chi connectivity index (χ1v) is 16.3. The molecule has 4 rings (SSSR count). The highest BCUT2D eigenvalue weighted by molar-refractivity contribution is 7.92. The van der Waals surface area contributed by atoms with Gasteiger partial charge in [-0.2, -0.15) is 13.2 Å². The SMILES string of the molecule is CC(C)(OC(=O)Nc1ccc2c(c1)N(S(=O)(=O)c1ccc(F)cc1)CC(CNS(=O)(=O)CC1CCCCO1)O2)C(F)(F)F. The van der Waals surface area contributed by atoms with Crippen LogP contribution in [-0.4, -0.2) is 72.4 Å². The van der Waals surface area contributed by atoms with E-state index in [9.17, 15) is 39.2 Å². The first-order valence-electron chi connectivity index (χ1n) is 13.2. The van der Waals surface area contributed by atoms with Crippen LogP contribution in [0.2, 0.25) is 0 Å². The monoisotopic (exact) mass is 653 g/mol. The van der Waals surface area contributed by atoms with E-state index in [4.69, 9.17) is 9.47 Å². The Balaban J connectivity index is 1.58. The van der Waals surface area contributed by atoms with E-state index < -0.39 is 62.5 Å². The molecule has 0 aromatic heterocycles. The number of alkyl halides is 3. The van der Waals surface area contributed by atoms with Gasteiger partial charge in [0.2, 0.25) is 15.6 Å². The van der Waals surface area contributed by atoms with Crippen molar-refractivity contribution in [1.29, 1.82) is 0 Å². The average molecular weight is 654 g/mol. The molecule has 1 amide bonds. The van der Waals surface area contributed by atoms with Gasteiger partial charge in [0.25, 0.3) is 10.0 Å². The molecule has 2 aliphatic heterocycles. The van der Waals surface area contributed by atoms with Gasteiger partial charge in [0, 0.05) is 18.8 Å². The summed E-state index contributed by atoms with van der Waals surface area (Å²) in [5, 5.41) is 2.14. The predicted octanol–water partition coefficient (Wildman–Crippen LogP) is 4.16. The van der Waals surface area contributed by atoms with E-state index in [-0.39, 0.29) is 34.3 Å². The van der Waals surface area contributed by atoms with E-state index in [0.717, 1.165) is 47.5 Å². The Morgan fingerprint density at radius 1 is 1.05 bits per heavy atom. The third kappa shape index (κ3) is 8.07. The number of fused-ring (bicyclic) bond motifs is 1. The minimum absolute atomic E-state index is 0.0220. The fraction of sp³-hybridized carbons (Fsp3) is 0.500. The van der Waals surface area contributed by atoms with Crippen molar-refractivity contribution in [2.45, 2.75) is 62.0 Å². The zero-order valence-electron chi connectivity index (χ0n) is 23.2. The van der Waals surface area contributed by atoms with Crippen molar-refractivity contribution >= 4 is 37.5 Å². The number of amides is 1. The van der Waals surface area contributed by atoms with Crippen molar-refractivity contribution in [3.8, 4) is 5.75 Å². The number of halogens is 4. The van der Waals surface area contributed by atoms with Crippen molar-refractivity contribution in [3.63, 3.8) is 0 Å². The predicted molar refractivity (Wildman–Crippen MR) is 147 cm³/mol. The topological polar surface area (TPSA) is 140 Å². The standard InChI is InChI=1S/C26H31F4N3O8S2/c1-25(2,26(28,29)30)41-24(34)32-18-8-11-23-22(13-18)33(43(37,38)21-9-6-17(27)7-10-21)15-20(40-23)14-31-42(35,36)16-19-5-3-4-12-39-19/h6-11,13,19-20,31H,3-5,12,14-16H2,1-2H3,(H,32,34). The fourth-order valence-electron chi connectivity index (χ4n) is 4.35. The number of nitrogens with one attached hydrogen (secondary N) is 2. The number of carbonyl (C=O) groups excluding carboxylic acids is 1. The number of sulfonamides is 2. The summed E-state index contributed by atoms with van der Waals surface area (Å²) in [6.07, 6.45) is -5.49. The number of anilines is 2. The molecule has 17 heteroatoms. The summed E-state index contributed by atoms with van der Waals surface area (Å²) < 4.78 is 125. The van der Waals surface area contributed by atoms with E-state index in [1.807, 2.05) is 0 Å². The summed E-state index contributed by atoms with van der Waals surface area (Å²) in [4.78, 5) is 12.0. The smallest absolute Gasteiger partial charge is 0.427 e. The van der Waals surface area contributed by atoms with Gasteiger partial charge in [-0.1, -0.05) is 0 Å². The van der Waals surface area contributed by atoms with E-state index >= 15 is 0 Å². The minimum atomic E-state index is -4.85. The molecule has 0 radical (unpaired) electrons. The van der Waals surface area contributed by atoms with Crippen molar-refractivity contribution < 1.29 is 53.4 Å². The van der Waals surface area contributed by atoms with Crippen LogP contribution in [0.15, 0.2) is 47.4 Å². The highest BCUT2D eigenvalue weighted by Gasteiger charge is 2.51. The molecular formula is C26H31F4N3O8S2. The number of hydrogen-bond acceptors (Lipinski definition) is 8. The zero-order valence-corrected chi connectivity index (χ0v) is 24.8. The molecule has 1 saturated heterocycles. The van der Waals surface area contributed by atoms with E-state index in [1.54, 1.807) is 0 Å². The molecular weight excluding hydrogens is 622 g/mol. The van der Waals surface area contributed by atoms with E-state index in [2.05, 4.69) is 14.8 Å². The summed E-state index contributed by atoms with van der Waals surface area (Å²) in [5.74, 6) is -0.974. The molecule has 2 aliphatic rings. The van der Waals surface area contributed by atoms with Crippen LogP contribution in [0.5, 0.6) is 5.75 Å². The number of hydrogen-bond donors (Lipinski definition) is 2. The van der Waals surface area contributed by atoms with Crippen molar-refractivity contribution in [3.05, 3.63) is 48.3 Å². The Hall–Kier alpha value is -3.15. The van der Waals surface area contributed by atoms with E-state index in [0.29, 0.717) is 26.9 Å². The number of ether oxygens (including phenoxy) is 3. The minimum Gasteiger partial charge on any atom is -0.485 e. The molecule has 0 aliphatic carbocycles. The van der Waals surface area contributed by atoms with Crippen molar-refractivity contribution in [1.82, 2.24) is 4.72 Å². The summed E-state index contributed by atoms with van der Waals surface area (Å²) in [6.45, 7) is 1.10. The van der Waals surface area contributed by atoms with Gasteiger partial charge in [-0.3, -0.25) is 9.62 Å². The molecule has 2 aromatic rings. The first kappa shape index (κ1) is 32.8. The molecule has 238 valence electrons. The van der Waals surface area contributed by atoms with Gasteiger partial charge in [-0.05, 0) is 75.6 Å². The summed E-state index contributed by atoms with van der Waals surface area (Å²) in [5.41, 5.74) is -3.03. The molecule has 43 heavy (non-hydrogen) atoms. The van der Waals surface area contributed by atoms with Crippen LogP contribution in [0.4, 0.5) is 33.7 Å². The number of rotatable bonds is 9. The Bertz CT molecular complexity index is 1530. The zero-order chi connectivity index (χ0) is 31.6. The van der Waals surface area contributed by atoms with Crippen LogP contribution in [0, 0.1) is 5.82 Å². The molecule has 2 heterocycles. The summed E-state index contributed by atoms with van der Waals surface area (Å²) >= 11 is 0. The van der Waals surface area contributed by atoms with Gasteiger partial charge < -0.3 is 14.2 Å². The lowest BCUT2D eigenvalue weighted by atomic mass is 10.1. The molecule has 0 saturated carbocycles. The van der Waals surface area contributed by atoms with Gasteiger partial charge in [0.05, 0.1) is 29.0 Å². The molecule has 11 nitrogen and oxygen atoms in total. The highest BCUT2D eigenvalue weighted by atomic mass is 32.2. The quantitative estimate of drug-likeness (QED) is 0.385. The van der Waals surface area contributed by atoms with Gasteiger partial charge in [0.1, 0.15) is 17.7 Å². The molecule has 2 atom stereocenters. The number of nitrogens with zero attached hydrogens (tertiary/aromatic N) is 1. The lowest BCUT2D eigenvalue weighted by molar-refractivity contribution is -0.242. The van der Waals surface area contributed by atoms with Crippen LogP contribution >= 0.6 is 0 Å². The maximum absolute atomic E-state index is 13.7. The maximum Gasteiger partial charge on any atom is 0.427 e. The third-order valence-corrected chi connectivity index (χ3v) is 9.99. The highest BCUT2D eigenvalue weighted by Crippen LogP contribution is 2.39. The Kier molecular flexibility index (Phi) is 9.49. The average Bonchev–Trinajstić information content (AvgIpc) is 2.91. The van der Waals surface area contributed by atoms with Crippen molar-refractivity contribution in [2.75, 3.05) is 35.1 Å². The van der Waals surface area contributed by atoms with Crippen LogP contribution in [0.1, 0.15) is 33.1 Å². The Labute approximate surface area is 246 Å². The first-order chi connectivity index (χ1) is 20.0. The molecule has 2 unspecified atom stereocenters. The Morgan fingerprint density at radius 2 is 1.74 bits per heavy atom. The second-order valence-corrected chi connectivity index (χ2v) is 14.3. The van der Waals surface area contributed by atoms with Crippen LogP contribution in [0.3, 0.4) is 0 Å². The van der Waals surface area contributed by atoms with Crippen molar-refractivity contribution in [2.24, 2.45) is 0 Å². The number of benzene rings is 2. The lowest BCUT2D eigenvalue weighted by Crippen LogP contribution is -2.49. The molecule has 1 fully saturated rings. The molecule has 0 spiro atoms.